The normalized spacial score (nSPS) is 16.1. The Balaban J connectivity index is 1.64. The zero-order valence-electron chi connectivity index (χ0n) is 13.3. The van der Waals surface area contributed by atoms with Crippen molar-refractivity contribution in [3.05, 3.63) is 72.2 Å². The number of rotatable bonds is 3. The van der Waals surface area contributed by atoms with Gasteiger partial charge in [0.2, 0.25) is 5.95 Å². The number of anilines is 4. The van der Waals surface area contributed by atoms with Gasteiger partial charge in [-0.2, -0.15) is 4.98 Å². The summed E-state index contributed by atoms with van der Waals surface area (Å²) in [6.45, 7) is 2.19. The lowest BCUT2D eigenvalue weighted by molar-refractivity contribution is 0.628. The Morgan fingerprint density at radius 2 is 1.88 bits per heavy atom. The van der Waals surface area contributed by atoms with E-state index in [1.807, 2.05) is 12.1 Å². The van der Waals surface area contributed by atoms with E-state index in [2.05, 4.69) is 45.3 Å². The van der Waals surface area contributed by atoms with Gasteiger partial charge in [0.05, 0.1) is 0 Å². The quantitative estimate of drug-likeness (QED) is 0.774. The smallest absolute Gasteiger partial charge is 0.229 e. The molecule has 1 aliphatic heterocycles. The molecule has 120 valence electrons. The predicted molar refractivity (Wildman–Crippen MR) is 93.5 cm³/mol. The van der Waals surface area contributed by atoms with Crippen LogP contribution in [0.3, 0.4) is 0 Å². The Morgan fingerprint density at radius 1 is 1.08 bits per heavy atom. The number of fused-ring (bicyclic) bond motifs is 1. The molecule has 0 saturated heterocycles. The van der Waals surface area contributed by atoms with E-state index in [0.717, 1.165) is 17.9 Å². The van der Waals surface area contributed by atoms with Crippen LogP contribution >= 0.6 is 0 Å². The van der Waals surface area contributed by atoms with Crippen LogP contribution < -0.4 is 10.2 Å². The first-order chi connectivity index (χ1) is 11.7. The molecule has 1 atom stereocenters. The van der Waals surface area contributed by atoms with Crippen molar-refractivity contribution in [2.45, 2.75) is 19.4 Å². The third-order valence-corrected chi connectivity index (χ3v) is 4.20. The van der Waals surface area contributed by atoms with Crippen molar-refractivity contribution >= 4 is 23.1 Å². The highest BCUT2D eigenvalue weighted by molar-refractivity contribution is 5.69. The minimum Gasteiger partial charge on any atom is -0.324 e. The lowest BCUT2D eigenvalue weighted by Gasteiger charge is -2.24. The molecule has 4 nitrogen and oxygen atoms in total. The zero-order valence-corrected chi connectivity index (χ0v) is 13.3. The van der Waals surface area contributed by atoms with Gasteiger partial charge in [-0.05, 0) is 55.3 Å². The molecule has 0 spiro atoms. The fourth-order valence-electron chi connectivity index (χ4n) is 3.12. The van der Waals surface area contributed by atoms with Gasteiger partial charge in [-0.1, -0.05) is 18.2 Å². The van der Waals surface area contributed by atoms with Crippen LogP contribution in [0, 0.1) is 5.82 Å². The average Bonchev–Trinajstić information content (AvgIpc) is 2.93. The molecule has 0 aliphatic carbocycles. The van der Waals surface area contributed by atoms with Crippen molar-refractivity contribution in [2.75, 3.05) is 10.2 Å². The zero-order chi connectivity index (χ0) is 16.5. The molecule has 0 saturated carbocycles. The minimum absolute atomic E-state index is 0.266. The molecule has 4 rings (SSSR count). The van der Waals surface area contributed by atoms with Crippen LogP contribution in [0.5, 0.6) is 0 Å². The molecule has 5 heteroatoms. The number of nitrogens with one attached hydrogen (secondary N) is 1. The van der Waals surface area contributed by atoms with E-state index in [1.54, 1.807) is 18.3 Å². The number of hydrogen-bond acceptors (Lipinski definition) is 4. The van der Waals surface area contributed by atoms with E-state index >= 15 is 0 Å². The van der Waals surface area contributed by atoms with Crippen LogP contribution in [0.15, 0.2) is 60.8 Å². The van der Waals surface area contributed by atoms with E-state index in [1.165, 1.54) is 23.4 Å². The third kappa shape index (κ3) is 2.69. The van der Waals surface area contributed by atoms with Crippen molar-refractivity contribution in [3.63, 3.8) is 0 Å². The molecule has 0 fully saturated rings. The largest absolute Gasteiger partial charge is 0.324 e. The van der Waals surface area contributed by atoms with Crippen molar-refractivity contribution in [3.8, 4) is 0 Å². The number of aromatic nitrogens is 2. The van der Waals surface area contributed by atoms with E-state index in [-0.39, 0.29) is 5.82 Å². The molecule has 24 heavy (non-hydrogen) atoms. The maximum Gasteiger partial charge on any atom is 0.229 e. The van der Waals surface area contributed by atoms with Gasteiger partial charge in [-0.15, -0.1) is 0 Å². The van der Waals surface area contributed by atoms with Gasteiger partial charge in [-0.25, -0.2) is 9.37 Å². The van der Waals surface area contributed by atoms with Gasteiger partial charge < -0.3 is 10.2 Å². The molecule has 2 aromatic carbocycles. The molecule has 1 unspecified atom stereocenters. The van der Waals surface area contributed by atoms with E-state index in [0.29, 0.717) is 12.0 Å². The molecular weight excluding hydrogens is 303 g/mol. The molecule has 0 amide bonds. The molecule has 2 heterocycles. The van der Waals surface area contributed by atoms with E-state index < -0.39 is 0 Å². The summed E-state index contributed by atoms with van der Waals surface area (Å²) in [5.74, 6) is 1.08. The van der Waals surface area contributed by atoms with Gasteiger partial charge in [0.15, 0.2) is 0 Å². The molecule has 0 bridgehead atoms. The van der Waals surface area contributed by atoms with Gasteiger partial charge in [0, 0.05) is 23.6 Å². The summed E-state index contributed by atoms with van der Waals surface area (Å²) in [6.07, 6.45) is 2.74. The van der Waals surface area contributed by atoms with Crippen LogP contribution in [-0.2, 0) is 6.42 Å². The third-order valence-electron chi connectivity index (χ3n) is 4.20. The van der Waals surface area contributed by atoms with Gasteiger partial charge in [-0.3, -0.25) is 0 Å². The van der Waals surface area contributed by atoms with Crippen LogP contribution in [0.1, 0.15) is 12.5 Å². The number of benzene rings is 2. The lowest BCUT2D eigenvalue weighted by atomic mass is 10.1. The highest BCUT2D eigenvalue weighted by Crippen LogP contribution is 2.37. The summed E-state index contributed by atoms with van der Waals surface area (Å²) in [4.78, 5) is 11.1. The Bertz CT molecular complexity index is 863. The molecule has 1 aliphatic rings. The van der Waals surface area contributed by atoms with Crippen molar-refractivity contribution < 1.29 is 4.39 Å². The topological polar surface area (TPSA) is 41.1 Å². The first-order valence-electron chi connectivity index (χ1n) is 7.93. The predicted octanol–water partition coefficient (Wildman–Crippen LogP) is 4.44. The average molecular weight is 320 g/mol. The first-order valence-corrected chi connectivity index (χ1v) is 7.93. The monoisotopic (exact) mass is 320 g/mol. The standard InChI is InChI=1S/C19H17FN4/c1-13-12-14-4-2-3-5-17(14)24(13)18-10-11-21-19(23-18)22-16-8-6-15(20)7-9-16/h2-11,13H,12H2,1H3,(H,21,22,23). The summed E-state index contributed by atoms with van der Waals surface area (Å²) in [5, 5.41) is 3.12. The summed E-state index contributed by atoms with van der Waals surface area (Å²) in [5.41, 5.74) is 3.27. The second-order valence-electron chi connectivity index (χ2n) is 5.92. The second-order valence-corrected chi connectivity index (χ2v) is 5.92. The Morgan fingerprint density at radius 3 is 2.71 bits per heavy atom. The van der Waals surface area contributed by atoms with Crippen LogP contribution in [0.25, 0.3) is 0 Å². The summed E-state index contributed by atoms with van der Waals surface area (Å²) in [7, 11) is 0. The Hall–Kier alpha value is -2.95. The second kappa shape index (κ2) is 5.92. The van der Waals surface area contributed by atoms with Crippen LogP contribution in [0.2, 0.25) is 0 Å². The maximum absolute atomic E-state index is 13.0. The number of halogens is 1. The molecule has 3 aromatic rings. The minimum atomic E-state index is -0.266. The van der Waals surface area contributed by atoms with E-state index in [9.17, 15) is 4.39 Å². The fraction of sp³-hybridized carbons (Fsp3) is 0.158. The van der Waals surface area contributed by atoms with Crippen molar-refractivity contribution in [1.29, 1.82) is 0 Å². The molecule has 0 radical (unpaired) electrons. The summed E-state index contributed by atoms with van der Waals surface area (Å²) in [6, 6.07) is 16.8. The first kappa shape index (κ1) is 14.6. The molecular formula is C19H17FN4. The van der Waals surface area contributed by atoms with E-state index in [4.69, 9.17) is 0 Å². The molecule has 1 aromatic heterocycles. The highest BCUT2D eigenvalue weighted by atomic mass is 19.1. The van der Waals surface area contributed by atoms with Gasteiger partial charge >= 0.3 is 0 Å². The summed E-state index contributed by atoms with van der Waals surface area (Å²) < 4.78 is 13.0. The van der Waals surface area contributed by atoms with Gasteiger partial charge in [0.25, 0.3) is 0 Å². The number of para-hydroxylation sites is 1. The molecule has 1 N–H and O–H groups in total. The van der Waals surface area contributed by atoms with Crippen LogP contribution in [-0.4, -0.2) is 16.0 Å². The maximum atomic E-state index is 13.0. The van der Waals surface area contributed by atoms with Crippen molar-refractivity contribution in [2.24, 2.45) is 0 Å². The Kier molecular flexibility index (Phi) is 3.61. The number of nitrogens with zero attached hydrogens (tertiary/aromatic N) is 3. The summed E-state index contributed by atoms with van der Waals surface area (Å²) >= 11 is 0. The highest BCUT2D eigenvalue weighted by Gasteiger charge is 2.27. The van der Waals surface area contributed by atoms with Crippen LogP contribution in [0.4, 0.5) is 27.5 Å². The SMILES string of the molecule is CC1Cc2ccccc2N1c1ccnc(Nc2ccc(F)cc2)n1. The van der Waals surface area contributed by atoms with Gasteiger partial charge in [0.1, 0.15) is 11.6 Å². The fourth-order valence-corrected chi connectivity index (χ4v) is 3.12. The lowest BCUT2D eigenvalue weighted by Crippen LogP contribution is -2.25. The number of hydrogen-bond donors (Lipinski definition) is 1. The van der Waals surface area contributed by atoms with Crippen molar-refractivity contribution in [1.82, 2.24) is 9.97 Å². The Labute approximate surface area is 140 Å².